The molecular weight excluding hydrogens is 288 g/mol. The maximum absolute atomic E-state index is 13.9. The van der Waals surface area contributed by atoms with Crippen molar-refractivity contribution in [3.63, 3.8) is 0 Å². The average molecular weight is 301 g/mol. The standard InChI is InChI=1S/C15H13F2N5/c16-12-7-6-11(14(17)8-12)9-22(10-15-18-20-21-19-15)13-4-2-1-3-5-13/h1-8H,9-10H2,(H,18,19,20,21). The van der Waals surface area contributed by atoms with E-state index in [1.807, 2.05) is 35.2 Å². The van der Waals surface area contributed by atoms with Crippen LogP contribution in [0.15, 0.2) is 48.5 Å². The molecule has 0 radical (unpaired) electrons. The van der Waals surface area contributed by atoms with Crippen LogP contribution in [-0.4, -0.2) is 20.6 Å². The Bertz CT molecular complexity index is 731. The number of hydrogen-bond acceptors (Lipinski definition) is 4. The van der Waals surface area contributed by atoms with Crippen LogP contribution in [0.2, 0.25) is 0 Å². The summed E-state index contributed by atoms with van der Waals surface area (Å²) < 4.78 is 26.9. The van der Waals surface area contributed by atoms with E-state index in [-0.39, 0.29) is 6.54 Å². The van der Waals surface area contributed by atoms with Gasteiger partial charge in [-0.2, -0.15) is 5.21 Å². The molecule has 7 heteroatoms. The molecule has 0 aliphatic heterocycles. The molecule has 0 aliphatic rings. The Morgan fingerprint density at radius 2 is 1.82 bits per heavy atom. The summed E-state index contributed by atoms with van der Waals surface area (Å²) in [4.78, 5) is 1.89. The molecular formula is C15H13F2N5. The number of tetrazole rings is 1. The molecule has 0 atom stereocenters. The number of hydrogen-bond donors (Lipinski definition) is 1. The number of nitrogens with one attached hydrogen (secondary N) is 1. The van der Waals surface area contributed by atoms with Gasteiger partial charge in [-0.25, -0.2) is 8.78 Å². The maximum atomic E-state index is 13.9. The second kappa shape index (κ2) is 6.30. The van der Waals surface area contributed by atoms with Crippen LogP contribution in [-0.2, 0) is 13.1 Å². The number of benzene rings is 2. The molecule has 0 bridgehead atoms. The van der Waals surface area contributed by atoms with Gasteiger partial charge in [0.1, 0.15) is 11.6 Å². The van der Waals surface area contributed by atoms with Crippen molar-refractivity contribution >= 4 is 5.69 Å². The maximum Gasteiger partial charge on any atom is 0.193 e. The number of rotatable bonds is 5. The third-order valence-corrected chi connectivity index (χ3v) is 3.22. The summed E-state index contributed by atoms with van der Waals surface area (Å²) in [5, 5.41) is 13.7. The van der Waals surface area contributed by atoms with Crippen molar-refractivity contribution in [1.29, 1.82) is 0 Å². The molecule has 0 unspecified atom stereocenters. The van der Waals surface area contributed by atoms with E-state index in [0.29, 0.717) is 17.9 Å². The van der Waals surface area contributed by atoms with E-state index in [1.165, 1.54) is 12.1 Å². The quantitative estimate of drug-likeness (QED) is 0.787. The van der Waals surface area contributed by atoms with E-state index >= 15 is 0 Å². The third-order valence-electron chi connectivity index (χ3n) is 3.22. The number of aromatic nitrogens is 4. The molecule has 0 saturated heterocycles. The predicted octanol–water partition coefficient (Wildman–Crippen LogP) is 2.68. The van der Waals surface area contributed by atoms with Gasteiger partial charge < -0.3 is 4.90 Å². The zero-order valence-corrected chi connectivity index (χ0v) is 11.6. The summed E-state index contributed by atoms with van der Waals surface area (Å²) in [6.45, 7) is 0.627. The molecule has 1 aromatic heterocycles. The highest BCUT2D eigenvalue weighted by Crippen LogP contribution is 2.20. The minimum absolute atomic E-state index is 0.269. The number of H-pyrrole nitrogens is 1. The minimum atomic E-state index is -0.592. The van der Waals surface area contributed by atoms with Crippen LogP contribution in [0.5, 0.6) is 0 Å². The molecule has 3 aromatic rings. The highest BCUT2D eigenvalue weighted by Gasteiger charge is 2.13. The largest absolute Gasteiger partial charge is 0.359 e. The molecule has 0 amide bonds. The summed E-state index contributed by atoms with van der Waals surface area (Å²) in [5.74, 6) is -0.675. The Morgan fingerprint density at radius 1 is 1.00 bits per heavy atom. The number of para-hydroxylation sites is 1. The van der Waals surface area contributed by atoms with Crippen molar-refractivity contribution in [2.45, 2.75) is 13.1 Å². The highest BCUT2D eigenvalue weighted by atomic mass is 19.1. The molecule has 0 saturated carbocycles. The van der Waals surface area contributed by atoms with E-state index in [9.17, 15) is 8.78 Å². The summed E-state index contributed by atoms with van der Waals surface area (Å²) in [5.41, 5.74) is 1.28. The smallest absolute Gasteiger partial charge is 0.193 e. The zero-order chi connectivity index (χ0) is 15.4. The van der Waals surface area contributed by atoms with E-state index in [2.05, 4.69) is 20.6 Å². The Labute approximate surface area is 125 Å². The fraction of sp³-hybridized carbons (Fsp3) is 0.133. The van der Waals surface area contributed by atoms with Crippen LogP contribution in [0.3, 0.4) is 0 Å². The lowest BCUT2D eigenvalue weighted by molar-refractivity contribution is 0.568. The van der Waals surface area contributed by atoms with Crippen molar-refractivity contribution in [2.75, 3.05) is 4.90 Å². The van der Waals surface area contributed by atoms with E-state index in [1.54, 1.807) is 0 Å². The van der Waals surface area contributed by atoms with Crippen molar-refractivity contribution in [3.05, 3.63) is 71.6 Å². The molecule has 0 aliphatic carbocycles. The molecule has 3 rings (SSSR count). The molecule has 1 heterocycles. The SMILES string of the molecule is Fc1ccc(CN(Cc2nn[nH]n2)c2ccccc2)c(F)c1. The Hall–Kier alpha value is -2.83. The van der Waals surface area contributed by atoms with Crippen molar-refractivity contribution in [2.24, 2.45) is 0 Å². The zero-order valence-electron chi connectivity index (χ0n) is 11.6. The van der Waals surface area contributed by atoms with E-state index < -0.39 is 11.6 Å². The van der Waals surface area contributed by atoms with Gasteiger partial charge in [-0.15, -0.1) is 10.2 Å². The molecule has 2 aromatic carbocycles. The topological polar surface area (TPSA) is 57.7 Å². The number of halogens is 2. The fourth-order valence-corrected chi connectivity index (χ4v) is 2.15. The first-order valence-corrected chi connectivity index (χ1v) is 6.68. The minimum Gasteiger partial charge on any atom is -0.359 e. The second-order valence-electron chi connectivity index (χ2n) is 4.76. The lowest BCUT2D eigenvalue weighted by atomic mass is 10.1. The van der Waals surface area contributed by atoms with Gasteiger partial charge >= 0.3 is 0 Å². The normalized spacial score (nSPS) is 10.6. The fourth-order valence-electron chi connectivity index (χ4n) is 2.15. The number of anilines is 1. The summed E-state index contributed by atoms with van der Waals surface area (Å²) in [6.07, 6.45) is 0. The lowest BCUT2D eigenvalue weighted by Gasteiger charge is -2.23. The van der Waals surface area contributed by atoms with Gasteiger partial charge in [0.25, 0.3) is 0 Å². The summed E-state index contributed by atoms with van der Waals surface area (Å²) in [7, 11) is 0. The van der Waals surface area contributed by atoms with Gasteiger partial charge in [0.15, 0.2) is 5.82 Å². The molecule has 0 fully saturated rings. The van der Waals surface area contributed by atoms with Crippen LogP contribution in [0.25, 0.3) is 0 Å². The monoisotopic (exact) mass is 301 g/mol. The van der Waals surface area contributed by atoms with Gasteiger partial charge in [-0.05, 0) is 18.2 Å². The molecule has 0 spiro atoms. The second-order valence-corrected chi connectivity index (χ2v) is 4.76. The van der Waals surface area contributed by atoms with Crippen LogP contribution < -0.4 is 4.90 Å². The Balaban J connectivity index is 1.88. The number of nitrogens with zero attached hydrogens (tertiary/aromatic N) is 4. The average Bonchev–Trinajstić information content (AvgIpc) is 3.03. The Morgan fingerprint density at radius 3 is 2.50 bits per heavy atom. The third kappa shape index (κ3) is 3.25. The van der Waals surface area contributed by atoms with Crippen molar-refractivity contribution < 1.29 is 8.78 Å². The number of aromatic amines is 1. The first kappa shape index (κ1) is 14.1. The van der Waals surface area contributed by atoms with Crippen LogP contribution in [0.1, 0.15) is 11.4 Å². The van der Waals surface area contributed by atoms with Crippen molar-refractivity contribution in [3.8, 4) is 0 Å². The summed E-state index contributed by atoms with van der Waals surface area (Å²) >= 11 is 0. The van der Waals surface area contributed by atoms with Crippen molar-refractivity contribution in [1.82, 2.24) is 20.6 Å². The summed E-state index contributed by atoms with van der Waals surface area (Å²) in [6, 6.07) is 13.1. The first-order valence-electron chi connectivity index (χ1n) is 6.68. The van der Waals surface area contributed by atoms with E-state index in [0.717, 1.165) is 11.8 Å². The molecule has 112 valence electrons. The van der Waals surface area contributed by atoms with Crippen LogP contribution >= 0.6 is 0 Å². The van der Waals surface area contributed by atoms with Gasteiger partial charge in [0.05, 0.1) is 6.54 Å². The van der Waals surface area contributed by atoms with Crippen LogP contribution in [0.4, 0.5) is 14.5 Å². The van der Waals surface area contributed by atoms with Crippen LogP contribution in [0, 0.1) is 11.6 Å². The highest BCUT2D eigenvalue weighted by molar-refractivity contribution is 5.46. The van der Waals surface area contributed by atoms with Gasteiger partial charge in [-0.3, -0.25) is 0 Å². The lowest BCUT2D eigenvalue weighted by Crippen LogP contribution is -2.23. The van der Waals surface area contributed by atoms with Gasteiger partial charge in [0, 0.05) is 23.9 Å². The molecule has 1 N–H and O–H groups in total. The van der Waals surface area contributed by atoms with Gasteiger partial charge in [-0.1, -0.05) is 29.5 Å². The predicted molar refractivity (Wildman–Crippen MR) is 76.9 cm³/mol. The van der Waals surface area contributed by atoms with E-state index in [4.69, 9.17) is 0 Å². The van der Waals surface area contributed by atoms with Gasteiger partial charge in [0.2, 0.25) is 0 Å². The first-order chi connectivity index (χ1) is 10.7. The molecule has 5 nitrogen and oxygen atoms in total. The molecule has 22 heavy (non-hydrogen) atoms. The Kier molecular flexibility index (Phi) is 4.04.